The van der Waals surface area contributed by atoms with Gasteiger partial charge >= 0.3 is 0 Å². The van der Waals surface area contributed by atoms with Crippen LogP contribution in [0.3, 0.4) is 0 Å². The van der Waals surface area contributed by atoms with Crippen LogP contribution in [0.5, 0.6) is 5.75 Å². The Hall–Kier alpha value is -3.14. The van der Waals surface area contributed by atoms with E-state index in [1.807, 2.05) is 48.9 Å². The maximum Gasteiger partial charge on any atom is 0.145 e. The lowest BCUT2D eigenvalue weighted by Gasteiger charge is -2.08. The molecule has 1 fully saturated rings. The summed E-state index contributed by atoms with van der Waals surface area (Å²) >= 11 is 0. The van der Waals surface area contributed by atoms with Gasteiger partial charge < -0.3 is 4.74 Å². The van der Waals surface area contributed by atoms with Crippen LogP contribution in [0.25, 0.3) is 16.9 Å². The van der Waals surface area contributed by atoms with Gasteiger partial charge in [-0.3, -0.25) is 9.38 Å². The molecule has 1 aliphatic carbocycles. The molecule has 0 atom stereocenters. The van der Waals surface area contributed by atoms with Gasteiger partial charge in [0, 0.05) is 18.0 Å². The van der Waals surface area contributed by atoms with E-state index in [0.717, 1.165) is 46.3 Å². The lowest BCUT2D eigenvalue weighted by atomic mass is 10.0. The van der Waals surface area contributed by atoms with E-state index in [9.17, 15) is 0 Å². The topological polar surface area (TPSA) is 39.4 Å². The summed E-state index contributed by atoms with van der Waals surface area (Å²) in [4.78, 5) is 9.40. The minimum atomic E-state index is 0.559. The molecular weight excluding hydrogens is 358 g/mol. The summed E-state index contributed by atoms with van der Waals surface area (Å²) in [7, 11) is 0. The van der Waals surface area contributed by atoms with E-state index >= 15 is 0 Å². The first-order valence-corrected chi connectivity index (χ1v) is 10.4. The third-order valence-corrected chi connectivity index (χ3v) is 5.82. The number of fused-ring (bicyclic) bond motifs is 1. The fourth-order valence-corrected chi connectivity index (χ4v) is 4.31. The second kappa shape index (κ2) is 8.08. The van der Waals surface area contributed by atoms with Crippen LogP contribution in [0.1, 0.15) is 36.9 Å². The van der Waals surface area contributed by atoms with Gasteiger partial charge in [0.2, 0.25) is 0 Å². The Morgan fingerprint density at radius 3 is 2.72 bits per heavy atom. The molecule has 0 spiro atoms. The molecule has 0 N–H and O–H groups in total. The zero-order chi connectivity index (χ0) is 19.5. The van der Waals surface area contributed by atoms with Gasteiger partial charge in [-0.05, 0) is 30.0 Å². The Kier molecular flexibility index (Phi) is 4.99. The highest BCUT2D eigenvalue weighted by Gasteiger charge is 2.20. The van der Waals surface area contributed by atoms with E-state index in [2.05, 4.69) is 33.7 Å². The highest BCUT2D eigenvalue weighted by molar-refractivity contribution is 5.66. The van der Waals surface area contributed by atoms with Crippen molar-refractivity contribution in [2.24, 2.45) is 5.92 Å². The van der Waals surface area contributed by atoms with E-state index < -0.39 is 0 Å². The molecule has 2 heterocycles. The SMILES string of the molecule is c1ccc(COc2cccc(-c3nc(CC4CCCC4)c4cnccn34)c2)cc1. The molecule has 29 heavy (non-hydrogen) atoms. The first-order valence-electron chi connectivity index (χ1n) is 10.4. The molecule has 0 aliphatic heterocycles. The van der Waals surface area contributed by atoms with Crippen LogP contribution in [-0.2, 0) is 13.0 Å². The zero-order valence-corrected chi connectivity index (χ0v) is 16.5. The summed E-state index contributed by atoms with van der Waals surface area (Å²) in [6.45, 7) is 0.559. The largest absolute Gasteiger partial charge is 0.489 e. The number of aromatic nitrogens is 3. The maximum atomic E-state index is 6.03. The molecule has 4 aromatic rings. The predicted octanol–water partition coefficient (Wildman–Crippen LogP) is 5.71. The molecule has 2 aromatic carbocycles. The minimum Gasteiger partial charge on any atom is -0.489 e. The molecule has 4 nitrogen and oxygen atoms in total. The number of benzene rings is 2. The van der Waals surface area contributed by atoms with Gasteiger partial charge in [0.25, 0.3) is 0 Å². The van der Waals surface area contributed by atoms with Crippen LogP contribution in [0.15, 0.2) is 73.2 Å². The lowest BCUT2D eigenvalue weighted by Crippen LogP contribution is -1.99. The highest BCUT2D eigenvalue weighted by atomic mass is 16.5. The fourth-order valence-electron chi connectivity index (χ4n) is 4.31. The van der Waals surface area contributed by atoms with Crippen LogP contribution >= 0.6 is 0 Å². The lowest BCUT2D eigenvalue weighted by molar-refractivity contribution is 0.306. The third-order valence-electron chi connectivity index (χ3n) is 5.82. The zero-order valence-electron chi connectivity index (χ0n) is 16.5. The third kappa shape index (κ3) is 3.88. The molecule has 1 aliphatic rings. The van der Waals surface area contributed by atoms with Crippen molar-refractivity contribution in [2.45, 2.75) is 38.7 Å². The van der Waals surface area contributed by atoms with Gasteiger partial charge in [-0.15, -0.1) is 0 Å². The number of rotatable bonds is 6. The van der Waals surface area contributed by atoms with Crippen molar-refractivity contribution in [3.8, 4) is 17.1 Å². The molecule has 0 saturated heterocycles. The summed E-state index contributed by atoms with van der Waals surface area (Å²) in [6.07, 6.45) is 12.1. The molecule has 146 valence electrons. The molecule has 1 saturated carbocycles. The van der Waals surface area contributed by atoms with Gasteiger partial charge in [-0.2, -0.15) is 0 Å². The maximum absolute atomic E-state index is 6.03. The van der Waals surface area contributed by atoms with Gasteiger partial charge in [0.05, 0.1) is 17.4 Å². The standard InChI is InChI=1S/C25H25N3O/c1-2-9-20(10-3-1)18-29-22-12-6-11-21(16-22)25-27-23(15-19-7-4-5-8-19)24-17-26-13-14-28(24)25/h1-3,6,9-14,16-17,19H,4-5,7-8,15,18H2. The van der Waals surface area contributed by atoms with Crippen molar-refractivity contribution in [2.75, 3.05) is 0 Å². The molecule has 2 aromatic heterocycles. The molecular formula is C25H25N3O. The Balaban J connectivity index is 1.44. The molecule has 0 amide bonds. The molecule has 4 heteroatoms. The van der Waals surface area contributed by atoms with Crippen molar-refractivity contribution >= 4 is 5.52 Å². The number of hydrogen-bond acceptors (Lipinski definition) is 3. The Morgan fingerprint density at radius 1 is 1.00 bits per heavy atom. The summed E-state index contributed by atoms with van der Waals surface area (Å²) in [5.41, 5.74) is 4.50. The van der Waals surface area contributed by atoms with Crippen LogP contribution in [0, 0.1) is 5.92 Å². The molecule has 0 bridgehead atoms. The molecule has 0 radical (unpaired) electrons. The first kappa shape index (κ1) is 17.9. The second-order valence-electron chi connectivity index (χ2n) is 7.87. The number of ether oxygens (including phenoxy) is 1. The van der Waals surface area contributed by atoms with E-state index in [-0.39, 0.29) is 0 Å². The van der Waals surface area contributed by atoms with Crippen molar-refractivity contribution < 1.29 is 4.74 Å². The van der Waals surface area contributed by atoms with E-state index in [4.69, 9.17) is 9.72 Å². The van der Waals surface area contributed by atoms with E-state index in [0.29, 0.717) is 6.61 Å². The Labute approximate surface area is 171 Å². The normalized spacial score (nSPS) is 14.5. The quantitative estimate of drug-likeness (QED) is 0.428. The predicted molar refractivity (Wildman–Crippen MR) is 115 cm³/mol. The van der Waals surface area contributed by atoms with Gasteiger partial charge in [0.15, 0.2) is 0 Å². The smallest absolute Gasteiger partial charge is 0.145 e. The summed E-state index contributed by atoms with van der Waals surface area (Å²) in [6, 6.07) is 18.5. The fraction of sp³-hybridized carbons (Fsp3) is 0.280. The Morgan fingerprint density at radius 2 is 1.86 bits per heavy atom. The molecule has 0 unspecified atom stereocenters. The van der Waals surface area contributed by atoms with Crippen molar-refractivity contribution in [1.82, 2.24) is 14.4 Å². The minimum absolute atomic E-state index is 0.559. The van der Waals surface area contributed by atoms with E-state index in [1.165, 1.54) is 25.7 Å². The van der Waals surface area contributed by atoms with Gasteiger partial charge in [-0.25, -0.2) is 4.98 Å². The van der Waals surface area contributed by atoms with Gasteiger partial charge in [-0.1, -0.05) is 68.1 Å². The number of imidazole rings is 1. The van der Waals surface area contributed by atoms with Crippen LogP contribution in [-0.4, -0.2) is 14.4 Å². The van der Waals surface area contributed by atoms with Crippen LogP contribution in [0.4, 0.5) is 0 Å². The Bertz CT molecular complexity index is 1100. The number of hydrogen-bond donors (Lipinski definition) is 0. The average Bonchev–Trinajstić information content (AvgIpc) is 3.42. The summed E-state index contributed by atoms with van der Waals surface area (Å²) in [5.74, 6) is 2.57. The second-order valence-corrected chi connectivity index (χ2v) is 7.87. The summed E-state index contributed by atoms with van der Waals surface area (Å²) in [5, 5.41) is 0. The first-order chi connectivity index (χ1) is 14.4. The average molecular weight is 383 g/mol. The molecule has 5 rings (SSSR count). The summed E-state index contributed by atoms with van der Waals surface area (Å²) < 4.78 is 8.19. The highest BCUT2D eigenvalue weighted by Crippen LogP contribution is 2.31. The van der Waals surface area contributed by atoms with Crippen molar-refractivity contribution in [3.05, 3.63) is 84.4 Å². The van der Waals surface area contributed by atoms with Gasteiger partial charge in [0.1, 0.15) is 18.2 Å². The van der Waals surface area contributed by atoms with Crippen molar-refractivity contribution in [3.63, 3.8) is 0 Å². The van der Waals surface area contributed by atoms with Crippen molar-refractivity contribution in [1.29, 1.82) is 0 Å². The number of nitrogens with zero attached hydrogens (tertiary/aromatic N) is 3. The van der Waals surface area contributed by atoms with E-state index in [1.54, 1.807) is 0 Å². The monoisotopic (exact) mass is 383 g/mol. The van der Waals surface area contributed by atoms with Crippen LogP contribution in [0.2, 0.25) is 0 Å². The van der Waals surface area contributed by atoms with Crippen LogP contribution < -0.4 is 4.74 Å².